The van der Waals surface area contributed by atoms with Crippen LogP contribution in [0, 0.1) is 5.92 Å². The highest BCUT2D eigenvalue weighted by molar-refractivity contribution is 7.99. The second-order valence-electron chi connectivity index (χ2n) is 5.43. The predicted molar refractivity (Wildman–Crippen MR) is 79.5 cm³/mol. The maximum atomic E-state index is 6.13. The Morgan fingerprint density at radius 2 is 2.06 bits per heavy atom. The summed E-state index contributed by atoms with van der Waals surface area (Å²) in [6.07, 6.45) is 6.91. The number of halogens is 1. The molecule has 0 spiro atoms. The molecule has 1 unspecified atom stereocenters. The lowest BCUT2D eigenvalue weighted by atomic mass is 10.0. The summed E-state index contributed by atoms with van der Waals surface area (Å²) in [6, 6.07) is 6.84. The monoisotopic (exact) mass is 281 g/mol. The molecule has 1 aromatic carbocycles. The van der Waals surface area contributed by atoms with Gasteiger partial charge in [0.2, 0.25) is 0 Å². The molecule has 2 aliphatic rings. The first-order valence-electron chi connectivity index (χ1n) is 6.98. The molecule has 0 bridgehead atoms. The second kappa shape index (κ2) is 5.85. The molecule has 1 nitrogen and oxygen atoms in total. The summed E-state index contributed by atoms with van der Waals surface area (Å²) in [6.45, 7) is 1.18. The molecule has 1 aromatic rings. The van der Waals surface area contributed by atoms with Gasteiger partial charge in [-0.3, -0.25) is 0 Å². The molecule has 1 aliphatic carbocycles. The summed E-state index contributed by atoms with van der Waals surface area (Å²) in [5.41, 5.74) is 1.41. The molecule has 0 amide bonds. The Labute approximate surface area is 119 Å². The molecule has 1 saturated carbocycles. The van der Waals surface area contributed by atoms with E-state index in [0.717, 1.165) is 10.9 Å². The van der Waals surface area contributed by atoms with Gasteiger partial charge in [0, 0.05) is 16.0 Å². The van der Waals surface area contributed by atoms with Crippen LogP contribution in [0.5, 0.6) is 0 Å². The maximum absolute atomic E-state index is 6.13. The molecular weight excluding hydrogens is 262 g/mol. The van der Waals surface area contributed by atoms with Crippen molar-refractivity contribution in [1.29, 1.82) is 0 Å². The minimum absolute atomic E-state index is 0.514. The molecule has 1 fully saturated rings. The van der Waals surface area contributed by atoms with Gasteiger partial charge in [-0.15, -0.1) is 11.8 Å². The molecule has 0 radical (unpaired) electrons. The van der Waals surface area contributed by atoms with Crippen LogP contribution in [0.25, 0.3) is 0 Å². The lowest BCUT2D eigenvalue weighted by Gasteiger charge is -2.27. The highest BCUT2D eigenvalue weighted by Gasteiger charge is 2.22. The summed E-state index contributed by atoms with van der Waals surface area (Å²) in [4.78, 5) is 1.41. The van der Waals surface area contributed by atoms with Crippen LogP contribution in [0.4, 0.5) is 0 Å². The molecule has 0 aromatic heterocycles. The van der Waals surface area contributed by atoms with Crippen LogP contribution in [0.15, 0.2) is 23.1 Å². The minimum atomic E-state index is 0.514. The largest absolute Gasteiger partial charge is 0.310 e. The molecule has 1 N–H and O–H groups in total. The Morgan fingerprint density at radius 3 is 2.89 bits per heavy atom. The first kappa shape index (κ1) is 12.8. The van der Waals surface area contributed by atoms with E-state index in [1.54, 1.807) is 0 Å². The third-order valence-corrected chi connectivity index (χ3v) is 5.50. The third kappa shape index (κ3) is 2.87. The van der Waals surface area contributed by atoms with E-state index in [-0.39, 0.29) is 0 Å². The smallest absolute Gasteiger partial charge is 0.0410 e. The Hall–Kier alpha value is -0.180. The fourth-order valence-corrected chi connectivity index (χ4v) is 4.39. The minimum Gasteiger partial charge on any atom is -0.310 e. The maximum Gasteiger partial charge on any atom is 0.0410 e. The van der Waals surface area contributed by atoms with E-state index in [0.29, 0.717) is 6.04 Å². The zero-order chi connectivity index (χ0) is 12.4. The first-order chi connectivity index (χ1) is 8.83. The Balaban J connectivity index is 1.68. The second-order valence-corrected chi connectivity index (χ2v) is 7.00. The molecule has 1 aliphatic heterocycles. The van der Waals surface area contributed by atoms with E-state index in [1.807, 2.05) is 17.8 Å². The average molecular weight is 282 g/mol. The van der Waals surface area contributed by atoms with Crippen LogP contribution in [0.3, 0.4) is 0 Å². The molecule has 3 rings (SSSR count). The summed E-state index contributed by atoms with van der Waals surface area (Å²) >= 11 is 8.09. The van der Waals surface area contributed by atoms with Crippen LogP contribution < -0.4 is 5.32 Å². The van der Waals surface area contributed by atoms with Crippen molar-refractivity contribution in [2.45, 2.75) is 43.0 Å². The highest BCUT2D eigenvalue weighted by atomic mass is 35.5. The van der Waals surface area contributed by atoms with Crippen molar-refractivity contribution in [3.63, 3.8) is 0 Å². The quantitative estimate of drug-likeness (QED) is 0.865. The molecule has 98 valence electrons. The molecule has 1 heterocycles. The average Bonchev–Trinajstić information content (AvgIpc) is 2.89. The van der Waals surface area contributed by atoms with Gasteiger partial charge in [-0.05, 0) is 61.2 Å². The SMILES string of the molecule is Clc1ccc2c(c1)C(NCC1CCCC1)CCS2. The number of thioether (sulfide) groups is 1. The van der Waals surface area contributed by atoms with Crippen molar-refractivity contribution in [2.75, 3.05) is 12.3 Å². The van der Waals surface area contributed by atoms with Gasteiger partial charge in [-0.25, -0.2) is 0 Å². The number of benzene rings is 1. The van der Waals surface area contributed by atoms with Crippen LogP contribution in [0.1, 0.15) is 43.7 Å². The van der Waals surface area contributed by atoms with E-state index in [1.165, 1.54) is 54.9 Å². The lowest BCUT2D eigenvalue weighted by Crippen LogP contribution is -2.28. The van der Waals surface area contributed by atoms with Gasteiger partial charge in [0.15, 0.2) is 0 Å². The van der Waals surface area contributed by atoms with E-state index in [4.69, 9.17) is 11.6 Å². The van der Waals surface area contributed by atoms with Crippen molar-refractivity contribution < 1.29 is 0 Å². The number of rotatable bonds is 3. The van der Waals surface area contributed by atoms with Gasteiger partial charge < -0.3 is 5.32 Å². The van der Waals surface area contributed by atoms with Gasteiger partial charge in [0.05, 0.1) is 0 Å². The molecule has 0 saturated heterocycles. The Bertz CT molecular complexity index is 415. The topological polar surface area (TPSA) is 12.0 Å². The van der Waals surface area contributed by atoms with Crippen LogP contribution >= 0.6 is 23.4 Å². The number of hydrogen-bond acceptors (Lipinski definition) is 2. The number of hydrogen-bond donors (Lipinski definition) is 1. The lowest BCUT2D eigenvalue weighted by molar-refractivity contribution is 0.427. The summed E-state index contributed by atoms with van der Waals surface area (Å²) < 4.78 is 0. The van der Waals surface area contributed by atoms with E-state index in [2.05, 4.69) is 17.4 Å². The van der Waals surface area contributed by atoms with Gasteiger partial charge in [-0.1, -0.05) is 24.4 Å². The first-order valence-corrected chi connectivity index (χ1v) is 8.35. The van der Waals surface area contributed by atoms with Crippen molar-refractivity contribution in [3.8, 4) is 0 Å². The van der Waals surface area contributed by atoms with E-state index < -0.39 is 0 Å². The normalized spacial score (nSPS) is 24.2. The molecule has 3 heteroatoms. The van der Waals surface area contributed by atoms with E-state index >= 15 is 0 Å². The van der Waals surface area contributed by atoms with Crippen LogP contribution in [-0.4, -0.2) is 12.3 Å². The fourth-order valence-electron chi connectivity index (χ4n) is 3.10. The standard InChI is InChI=1S/C15H20ClNS/c16-12-5-6-15-13(9-12)14(7-8-18-15)17-10-11-3-1-2-4-11/h5-6,9,11,14,17H,1-4,7-8,10H2. The van der Waals surface area contributed by atoms with Gasteiger partial charge in [0.25, 0.3) is 0 Å². The predicted octanol–water partition coefficient (Wildman–Crippen LogP) is 4.66. The van der Waals surface area contributed by atoms with Gasteiger partial charge in [-0.2, -0.15) is 0 Å². The fraction of sp³-hybridized carbons (Fsp3) is 0.600. The van der Waals surface area contributed by atoms with Crippen molar-refractivity contribution in [1.82, 2.24) is 5.32 Å². The van der Waals surface area contributed by atoms with Crippen LogP contribution in [0.2, 0.25) is 5.02 Å². The zero-order valence-electron chi connectivity index (χ0n) is 10.6. The van der Waals surface area contributed by atoms with Crippen molar-refractivity contribution in [2.24, 2.45) is 5.92 Å². The molecule has 1 atom stereocenters. The van der Waals surface area contributed by atoms with Crippen LogP contribution in [-0.2, 0) is 0 Å². The highest BCUT2D eigenvalue weighted by Crippen LogP contribution is 2.37. The third-order valence-electron chi connectivity index (χ3n) is 4.14. The Morgan fingerprint density at radius 1 is 1.22 bits per heavy atom. The number of nitrogens with one attached hydrogen (secondary N) is 1. The van der Waals surface area contributed by atoms with Gasteiger partial charge >= 0.3 is 0 Å². The van der Waals surface area contributed by atoms with E-state index in [9.17, 15) is 0 Å². The molecular formula is C15H20ClNS. The summed E-state index contributed by atoms with van der Waals surface area (Å²) in [5, 5.41) is 4.64. The summed E-state index contributed by atoms with van der Waals surface area (Å²) in [5.74, 6) is 2.12. The Kier molecular flexibility index (Phi) is 4.17. The van der Waals surface area contributed by atoms with Crippen molar-refractivity contribution in [3.05, 3.63) is 28.8 Å². The molecule has 18 heavy (non-hydrogen) atoms. The van der Waals surface area contributed by atoms with Crippen molar-refractivity contribution >= 4 is 23.4 Å². The number of fused-ring (bicyclic) bond motifs is 1. The zero-order valence-corrected chi connectivity index (χ0v) is 12.2. The summed E-state index contributed by atoms with van der Waals surface area (Å²) in [7, 11) is 0. The van der Waals surface area contributed by atoms with Gasteiger partial charge in [0.1, 0.15) is 0 Å².